The molecule has 1 N–H and O–H groups in total. The lowest BCUT2D eigenvalue weighted by molar-refractivity contribution is -0.132. The number of aromatic nitrogens is 1. The quantitative estimate of drug-likeness (QED) is 0.122. The Morgan fingerprint density at radius 2 is 1.80 bits per heavy atom. The predicted octanol–water partition coefficient (Wildman–Crippen LogP) is 7.71. The molecule has 4 aromatic rings. The Labute approximate surface area is 248 Å². The lowest BCUT2D eigenvalue weighted by atomic mass is 9.95. The normalized spacial score (nSPS) is 16.6. The fourth-order valence-corrected chi connectivity index (χ4v) is 5.96. The third-order valence-electron chi connectivity index (χ3n) is 6.85. The molecule has 1 aromatic heterocycles. The van der Waals surface area contributed by atoms with Gasteiger partial charge in [0.25, 0.3) is 5.78 Å². The summed E-state index contributed by atoms with van der Waals surface area (Å²) in [5, 5.41) is 12.3. The minimum Gasteiger partial charge on any atom is -0.507 e. The van der Waals surface area contributed by atoms with Gasteiger partial charge in [0.1, 0.15) is 5.76 Å². The number of rotatable bonds is 9. The van der Waals surface area contributed by atoms with Crippen LogP contribution in [-0.4, -0.2) is 35.0 Å². The number of amides is 1. The van der Waals surface area contributed by atoms with E-state index in [0.717, 1.165) is 16.7 Å². The zero-order chi connectivity index (χ0) is 29.3. The maximum Gasteiger partial charge on any atom is 0.301 e. The molecule has 7 nitrogen and oxygen atoms in total. The maximum absolute atomic E-state index is 13.6. The van der Waals surface area contributed by atoms with Gasteiger partial charge in [0.2, 0.25) is 0 Å². The van der Waals surface area contributed by atoms with Crippen molar-refractivity contribution in [2.75, 3.05) is 18.1 Å². The molecule has 1 atom stereocenters. The van der Waals surface area contributed by atoms with Crippen LogP contribution in [0.4, 0.5) is 5.13 Å². The molecule has 0 spiro atoms. The molecule has 0 bridgehead atoms. The maximum atomic E-state index is 13.6. The van der Waals surface area contributed by atoms with Gasteiger partial charge in [-0.3, -0.25) is 14.5 Å². The van der Waals surface area contributed by atoms with Crippen molar-refractivity contribution in [3.8, 4) is 11.5 Å². The summed E-state index contributed by atoms with van der Waals surface area (Å²) in [6.07, 6.45) is 0.881. The van der Waals surface area contributed by atoms with Gasteiger partial charge in [0, 0.05) is 10.6 Å². The number of anilines is 1. The number of halogens is 1. The molecule has 1 saturated heterocycles. The van der Waals surface area contributed by atoms with Crippen molar-refractivity contribution in [2.45, 2.75) is 40.2 Å². The Balaban J connectivity index is 1.67. The Morgan fingerprint density at radius 1 is 1.05 bits per heavy atom. The fraction of sp³-hybridized carbons (Fsp3) is 0.281. The smallest absolute Gasteiger partial charge is 0.301 e. The first-order valence-corrected chi connectivity index (χ1v) is 14.7. The first-order valence-electron chi connectivity index (χ1n) is 13.5. The van der Waals surface area contributed by atoms with Crippen LogP contribution in [0.5, 0.6) is 11.5 Å². The Morgan fingerprint density at radius 3 is 2.51 bits per heavy atom. The van der Waals surface area contributed by atoms with Gasteiger partial charge < -0.3 is 14.6 Å². The molecule has 1 fully saturated rings. The summed E-state index contributed by atoms with van der Waals surface area (Å²) in [5.74, 6) is -0.276. The molecular formula is C32H31ClN2O5S. The lowest BCUT2D eigenvalue weighted by Gasteiger charge is -2.24. The van der Waals surface area contributed by atoms with E-state index < -0.39 is 17.7 Å². The zero-order valence-electron chi connectivity index (χ0n) is 23.3. The Bertz CT molecular complexity index is 1640. The predicted molar refractivity (Wildman–Crippen MR) is 163 cm³/mol. The molecular weight excluding hydrogens is 560 g/mol. The van der Waals surface area contributed by atoms with E-state index in [-0.39, 0.29) is 11.3 Å². The Kier molecular flexibility index (Phi) is 8.33. The molecule has 1 aliphatic rings. The highest BCUT2D eigenvalue weighted by molar-refractivity contribution is 7.22. The van der Waals surface area contributed by atoms with Crippen LogP contribution in [0.1, 0.15) is 49.9 Å². The van der Waals surface area contributed by atoms with Crippen LogP contribution in [0.15, 0.2) is 66.2 Å². The van der Waals surface area contributed by atoms with Gasteiger partial charge in [0.05, 0.1) is 35.0 Å². The van der Waals surface area contributed by atoms with Crippen molar-refractivity contribution in [3.63, 3.8) is 0 Å². The van der Waals surface area contributed by atoms with Crippen molar-refractivity contribution in [3.05, 3.63) is 87.9 Å². The number of fused-ring (bicyclic) bond motifs is 1. The average molecular weight is 591 g/mol. The van der Waals surface area contributed by atoms with Crippen LogP contribution in [0.2, 0.25) is 5.02 Å². The highest BCUT2D eigenvalue weighted by Crippen LogP contribution is 2.46. The van der Waals surface area contributed by atoms with E-state index in [1.165, 1.54) is 16.2 Å². The molecule has 0 aliphatic carbocycles. The molecule has 5 rings (SSSR count). The second-order valence-electron chi connectivity index (χ2n) is 10.3. The van der Waals surface area contributed by atoms with Gasteiger partial charge in [-0.2, -0.15) is 0 Å². The number of aryl methyl sites for hydroxylation is 1. The van der Waals surface area contributed by atoms with Gasteiger partial charge in [-0.05, 0) is 62.1 Å². The number of nitrogens with zero attached hydrogens (tertiary/aromatic N) is 2. The first kappa shape index (κ1) is 28.6. The molecule has 1 amide bonds. The monoisotopic (exact) mass is 590 g/mol. The van der Waals surface area contributed by atoms with Crippen LogP contribution in [0.25, 0.3) is 16.0 Å². The number of thiazole rings is 1. The van der Waals surface area contributed by atoms with E-state index >= 15 is 0 Å². The van der Waals surface area contributed by atoms with Crippen molar-refractivity contribution in [2.24, 2.45) is 5.92 Å². The summed E-state index contributed by atoms with van der Waals surface area (Å²) in [4.78, 5) is 33.2. The number of carbonyl (C=O) groups excluding carboxylic acids is 2. The average Bonchev–Trinajstić information content (AvgIpc) is 3.47. The number of aliphatic hydroxyl groups is 1. The molecule has 41 heavy (non-hydrogen) atoms. The van der Waals surface area contributed by atoms with E-state index in [0.29, 0.717) is 57.4 Å². The number of hydrogen-bond acceptors (Lipinski definition) is 7. The van der Waals surface area contributed by atoms with E-state index in [4.69, 9.17) is 21.1 Å². The molecule has 2 heterocycles. The number of ketones is 1. The molecule has 1 unspecified atom stereocenters. The second-order valence-corrected chi connectivity index (χ2v) is 11.8. The lowest BCUT2D eigenvalue weighted by Crippen LogP contribution is -2.29. The van der Waals surface area contributed by atoms with Gasteiger partial charge in [0.15, 0.2) is 16.6 Å². The van der Waals surface area contributed by atoms with Crippen LogP contribution >= 0.6 is 22.9 Å². The number of benzene rings is 3. The summed E-state index contributed by atoms with van der Waals surface area (Å²) in [7, 11) is 0. The first-order chi connectivity index (χ1) is 19.7. The number of carbonyl (C=O) groups is 2. The van der Waals surface area contributed by atoms with E-state index in [2.05, 4.69) is 18.8 Å². The topological polar surface area (TPSA) is 89.0 Å². The number of aliphatic hydroxyl groups excluding tert-OH is 1. The zero-order valence-corrected chi connectivity index (χ0v) is 24.9. The fourth-order valence-electron chi connectivity index (χ4n) is 4.69. The summed E-state index contributed by atoms with van der Waals surface area (Å²) in [6.45, 7) is 8.98. The number of ether oxygens (including phenoxy) is 2. The number of Topliss-reactive ketones (excluding diaryl/α,β-unsaturated/α-hetero) is 1. The Hall–Kier alpha value is -3.88. The SMILES string of the molecule is CCOc1cc(C2C(=C(O)c3ccc(C)cc3)C(=O)C(=O)N2c2nc3ccc(Cl)cc3s2)ccc1OCCC(C)C. The van der Waals surface area contributed by atoms with Crippen LogP contribution in [0.3, 0.4) is 0 Å². The summed E-state index contributed by atoms with van der Waals surface area (Å²) < 4.78 is 12.7. The van der Waals surface area contributed by atoms with Crippen molar-refractivity contribution < 1.29 is 24.2 Å². The van der Waals surface area contributed by atoms with Gasteiger partial charge in [-0.25, -0.2) is 4.98 Å². The third kappa shape index (κ3) is 5.80. The highest BCUT2D eigenvalue weighted by Gasteiger charge is 2.48. The third-order valence-corrected chi connectivity index (χ3v) is 8.10. The van der Waals surface area contributed by atoms with Gasteiger partial charge >= 0.3 is 5.91 Å². The van der Waals surface area contributed by atoms with E-state index in [1.807, 2.05) is 26.0 Å². The van der Waals surface area contributed by atoms with Crippen LogP contribution in [-0.2, 0) is 9.59 Å². The minimum absolute atomic E-state index is 0.0212. The van der Waals surface area contributed by atoms with Crippen molar-refractivity contribution in [1.29, 1.82) is 0 Å². The standard InChI is InChI=1S/C32H31ClN2O5S/c1-5-39-25-16-21(10-13-24(25)40-15-14-18(2)3)28-27(29(36)20-8-6-19(4)7-9-20)30(37)31(38)35(28)32-34-23-12-11-22(33)17-26(23)41-32/h6-13,16-18,28,36H,5,14-15H2,1-4H3. The molecule has 3 aromatic carbocycles. The van der Waals surface area contributed by atoms with Gasteiger partial charge in [-0.1, -0.05) is 72.7 Å². The van der Waals surface area contributed by atoms with Crippen LogP contribution < -0.4 is 14.4 Å². The highest BCUT2D eigenvalue weighted by atomic mass is 35.5. The molecule has 0 radical (unpaired) electrons. The molecule has 212 valence electrons. The minimum atomic E-state index is -0.948. The van der Waals surface area contributed by atoms with E-state index in [9.17, 15) is 14.7 Å². The largest absolute Gasteiger partial charge is 0.507 e. The number of hydrogen-bond donors (Lipinski definition) is 1. The van der Waals surface area contributed by atoms with Crippen molar-refractivity contribution in [1.82, 2.24) is 4.98 Å². The molecule has 0 saturated carbocycles. The van der Waals surface area contributed by atoms with Crippen LogP contribution in [0, 0.1) is 12.8 Å². The second kappa shape index (κ2) is 11.9. The van der Waals surface area contributed by atoms with Crippen molar-refractivity contribution >= 4 is 55.7 Å². The summed E-state index contributed by atoms with van der Waals surface area (Å²) >= 11 is 7.45. The van der Waals surface area contributed by atoms with Gasteiger partial charge in [-0.15, -0.1) is 0 Å². The molecule has 9 heteroatoms. The van der Waals surface area contributed by atoms with E-state index in [1.54, 1.807) is 48.5 Å². The molecule has 1 aliphatic heterocycles. The summed E-state index contributed by atoms with van der Waals surface area (Å²) in [6, 6.07) is 16.8. The summed E-state index contributed by atoms with van der Waals surface area (Å²) in [5.41, 5.74) is 2.65.